The third kappa shape index (κ3) is 4.07. The van der Waals surface area contributed by atoms with Crippen LogP contribution in [0.4, 0.5) is 5.69 Å². The number of benzene rings is 3. The van der Waals surface area contributed by atoms with Gasteiger partial charge in [-0.15, -0.1) is 0 Å². The van der Waals surface area contributed by atoms with Gasteiger partial charge in [0.25, 0.3) is 5.91 Å². The fourth-order valence-corrected chi connectivity index (χ4v) is 5.03. The molecule has 5 nitrogen and oxygen atoms in total. The molecule has 0 aromatic heterocycles. The van der Waals surface area contributed by atoms with E-state index in [1.165, 1.54) is 5.69 Å². The summed E-state index contributed by atoms with van der Waals surface area (Å²) in [6.07, 6.45) is 1.73. The fourth-order valence-electron chi connectivity index (χ4n) is 5.03. The van der Waals surface area contributed by atoms with Crippen LogP contribution in [0.1, 0.15) is 23.2 Å². The largest absolute Gasteiger partial charge is 0.368 e. The first kappa shape index (κ1) is 20.6. The molecule has 2 fully saturated rings. The number of nitrogens with zero attached hydrogens (tertiary/aromatic N) is 3. The molecule has 2 amide bonds. The Morgan fingerprint density at radius 1 is 0.719 bits per heavy atom. The van der Waals surface area contributed by atoms with E-state index in [1.807, 2.05) is 58.3 Å². The number of hydrogen-bond donors (Lipinski definition) is 0. The van der Waals surface area contributed by atoms with Crippen LogP contribution in [-0.4, -0.2) is 60.9 Å². The summed E-state index contributed by atoms with van der Waals surface area (Å²) in [5.74, 6) is 0.132. The summed E-state index contributed by atoms with van der Waals surface area (Å²) < 4.78 is 0. The van der Waals surface area contributed by atoms with Gasteiger partial charge in [0.05, 0.1) is 5.92 Å². The number of carbonyl (C=O) groups excluding carboxylic acids is 2. The summed E-state index contributed by atoms with van der Waals surface area (Å²) in [6, 6.07) is 24.2. The first-order valence-corrected chi connectivity index (χ1v) is 11.6. The van der Waals surface area contributed by atoms with Crippen LogP contribution in [0, 0.1) is 5.92 Å². The Morgan fingerprint density at radius 2 is 1.44 bits per heavy atom. The molecule has 1 unspecified atom stereocenters. The molecule has 32 heavy (non-hydrogen) atoms. The van der Waals surface area contributed by atoms with Gasteiger partial charge in [0.2, 0.25) is 5.91 Å². The van der Waals surface area contributed by atoms with Crippen LogP contribution >= 0.6 is 0 Å². The second-order valence-corrected chi connectivity index (χ2v) is 8.76. The molecule has 1 atom stereocenters. The fraction of sp³-hybridized carbons (Fsp3) is 0.333. The van der Waals surface area contributed by atoms with Crippen molar-refractivity contribution in [3.8, 4) is 0 Å². The van der Waals surface area contributed by atoms with Crippen molar-refractivity contribution < 1.29 is 9.59 Å². The average Bonchev–Trinajstić information content (AvgIpc) is 2.88. The molecule has 164 valence electrons. The van der Waals surface area contributed by atoms with Crippen LogP contribution in [0.5, 0.6) is 0 Å². The first-order chi connectivity index (χ1) is 15.7. The lowest BCUT2D eigenvalue weighted by Gasteiger charge is -2.39. The van der Waals surface area contributed by atoms with E-state index in [2.05, 4.69) is 29.2 Å². The number of piperazine rings is 1. The smallest absolute Gasteiger partial charge is 0.254 e. The van der Waals surface area contributed by atoms with Crippen molar-refractivity contribution in [3.05, 3.63) is 78.4 Å². The van der Waals surface area contributed by atoms with Crippen LogP contribution in [-0.2, 0) is 4.79 Å². The van der Waals surface area contributed by atoms with Crippen molar-refractivity contribution in [1.29, 1.82) is 0 Å². The second-order valence-electron chi connectivity index (χ2n) is 8.76. The Kier molecular flexibility index (Phi) is 5.80. The van der Waals surface area contributed by atoms with Crippen LogP contribution in [0.2, 0.25) is 0 Å². The molecule has 0 bridgehead atoms. The topological polar surface area (TPSA) is 43.9 Å². The van der Waals surface area contributed by atoms with E-state index in [9.17, 15) is 9.59 Å². The van der Waals surface area contributed by atoms with Crippen molar-refractivity contribution in [2.45, 2.75) is 12.8 Å². The van der Waals surface area contributed by atoms with Gasteiger partial charge >= 0.3 is 0 Å². The van der Waals surface area contributed by atoms with E-state index in [-0.39, 0.29) is 17.7 Å². The second kappa shape index (κ2) is 9.03. The Hall–Kier alpha value is -3.34. The molecule has 0 N–H and O–H groups in total. The number of piperidine rings is 1. The lowest BCUT2D eigenvalue weighted by Crippen LogP contribution is -2.53. The maximum atomic E-state index is 13.4. The van der Waals surface area contributed by atoms with E-state index in [0.717, 1.165) is 55.4 Å². The predicted octanol–water partition coefficient (Wildman–Crippen LogP) is 4.04. The lowest BCUT2D eigenvalue weighted by atomic mass is 9.95. The highest BCUT2D eigenvalue weighted by Crippen LogP contribution is 2.25. The molecule has 5 heteroatoms. The van der Waals surface area contributed by atoms with Gasteiger partial charge in [0.15, 0.2) is 0 Å². The molecule has 5 rings (SSSR count). The molecule has 0 saturated carbocycles. The molecule has 2 heterocycles. The number of rotatable bonds is 3. The Labute approximate surface area is 189 Å². The molecule has 2 aliphatic rings. The van der Waals surface area contributed by atoms with Crippen molar-refractivity contribution in [2.24, 2.45) is 5.92 Å². The van der Waals surface area contributed by atoms with Crippen LogP contribution in [0.15, 0.2) is 72.8 Å². The zero-order valence-electron chi connectivity index (χ0n) is 18.3. The maximum absolute atomic E-state index is 13.4. The summed E-state index contributed by atoms with van der Waals surface area (Å²) in [7, 11) is 0. The van der Waals surface area contributed by atoms with Gasteiger partial charge in [-0.25, -0.2) is 0 Å². The standard InChI is InChI=1S/C27H29N3O2/c31-26(29-18-16-28(17-19-29)23-11-2-1-3-12-23)22-10-7-15-30(20-22)27(32)25-14-6-9-21-8-4-5-13-24(21)25/h1-6,8-9,11-14,22H,7,10,15-20H2. The Bertz CT molecular complexity index is 1100. The van der Waals surface area contributed by atoms with E-state index in [4.69, 9.17) is 0 Å². The van der Waals surface area contributed by atoms with E-state index < -0.39 is 0 Å². The zero-order chi connectivity index (χ0) is 21.9. The van der Waals surface area contributed by atoms with Crippen molar-refractivity contribution in [1.82, 2.24) is 9.80 Å². The monoisotopic (exact) mass is 427 g/mol. The van der Waals surface area contributed by atoms with Gasteiger partial charge in [0.1, 0.15) is 0 Å². The van der Waals surface area contributed by atoms with Gasteiger partial charge in [-0.3, -0.25) is 9.59 Å². The highest BCUT2D eigenvalue weighted by atomic mass is 16.2. The van der Waals surface area contributed by atoms with Crippen molar-refractivity contribution >= 4 is 28.3 Å². The van der Waals surface area contributed by atoms with Gasteiger partial charge in [-0.05, 0) is 41.8 Å². The highest BCUT2D eigenvalue weighted by Gasteiger charge is 2.33. The van der Waals surface area contributed by atoms with Crippen molar-refractivity contribution in [2.75, 3.05) is 44.2 Å². The molecule has 2 saturated heterocycles. The molecule has 0 radical (unpaired) electrons. The van der Waals surface area contributed by atoms with Gasteiger partial charge in [-0.1, -0.05) is 54.6 Å². The molecule has 3 aromatic carbocycles. The summed E-state index contributed by atoms with van der Waals surface area (Å²) in [6.45, 7) is 4.40. The lowest BCUT2D eigenvalue weighted by molar-refractivity contribution is -0.137. The van der Waals surface area contributed by atoms with E-state index in [0.29, 0.717) is 13.1 Å². The molecule has 0 aliphatic carbocycles. The Morgan fingerprint density at radius 3 is 2.25 bits per heavy atom. The number of amides is 2. The van der Waals surface area contributed by atoms with E-state index >= 15 is 0 Å². The number of carbonyl (C=O) groups is 2. The van der Waals surface area contributed by atoms with E-state index in [1.54, 1.807) is 0 Å². The highest BCUT2D eigenvalue weighted by molar-refractivity contribution is 6.07. The minimum Gasteiger partial charge on any atom is -0.368 e. The molecule has 0 spiro atoms. The molecule has 2 aliphatic heterocycles. The van der Waals surface area contributed by atoms with Crippen LogP contribution < -0.4 is 4.90 Å². The summed E-state index contributed by atoms with van der Waals surface area (Å²) in [5, 5.41) is 2.05. The number of fused-ring (bicyclic) bond motifs is 1. The Balaban J connectivity index is 1.24. The number of hydrogen-bond acceptors (Lipinski definition) is 3. The van der Waals surface area contributed by atoms with Gasteiger partial charge < -0.3 is 14.7 Å². The minimum absolute atomic E-state index is 0.0354. The number of likely N-dealkylation sites (tertiary alicyclic amines) is 1. The molecular weight excluding hydrogens is 398 g/mol. The first-order valence-electron chi connectivity index (χ1n) is 11.6. The SMILES string of the molecule is O=C(c1cccc2ccccc12)N1CCCC(C(=O)N2CCN(c3ccccc3)CC2)C1. The van der Waals surface area contributed by atoms with Gasteiger partial charge in [-0.2, -0.15) is 0 Å². The summed E-state index contributed by atoms with van der Waals surface area (Å²) >= 11 is 0. The minimum atomic E-state index is -0.106. The molecule has 3 aromatic rings. The zero-order valence-corrected chi connectivity index (χ0v) is 18.3. The third-order valence-electron chi connectivity index (χ3n) is 6.79. The van der Waals surface area contributed by atoms with Crippen molar-refractivity contribution in [3.63, 3.8) is 0 Å². The summed E-state index contributed by atoms with van der Waals surface area (Å²) in [4.78, 5) is 32.8. The molecular formula is C27H29N3O2. The maximum Gasteiger partial charge on any atom is 0.254 e. The average molecular weight is 428 g/mol. The third-order valence-corrected chi connectivity index (χ3v) is 6.79. The quantitative estimate of drug-likeness (QED) is 0.634. The van der Waals surface area contributed by atoms with Gasteiger partial charge in [0, 0.05) is 50.5 Å². The summed E-state index contributed by atoms with van der Waals surface area (Å²) in [5.41, 5.74) is 1.94. The number of anilines is 1. The normalized spacial score (nSPS) is 19.2. The van der Waals surface area contributed by atoms with Crippen LogP contribution in [0.3, 0.4) is 0 Å². The predicted molar refractivity (Wildman–Crippen MR) is 128 cm³/mol. The van der Waals surface area contributed by atoms with Crippen LogP contribution in [0.25, 0.3) is 10.8 Å². The number of para-hydroxylation sites is 1.